The van der Waals surface area contributed by atoms with Gasteiger partial charge in [0.2, 0.25) is 0 Å². The summed E-state index contributed by atoms with van der Waals surface area (Å²) in [4.78, 5) is 23.9. The van der Waals surface area contributed by atoms with E-state index in [1.165, 1.54) is 0 Å². The Morgan fingerprint density at radius 3 is 2.05 bits per heavy atom. The van der Waals surface area contributed by atoms with Gasteiger partial charge in [-0.2, -0.15) is 0 Å². The number of aliphatic imine (C=N–C) groups is 1. The van der Waals surface area contributed by atoms with Crippen LogP contribution < -0.4 is 0 Å². The Labute approximate surface area is 123 Å². The monoisotopic (exact) mass is 303 g/mol. The summed E-state index contributed by atoms with van der Waals surface area (Å²) in [6.45, 7) is 0. The van der Waals surface area contributed by atoms with E-state index in [1.54, 1.807) is 0 Å². The van der Waals surface area contributed by atoms with E-state index < -0.39 is 9.85 Å². The minimum atomic E-state index is -0.650. The van der Waals surface area contributed by atoms with Crippen LogP contribution in [-0.2, 0) is 0 Å². The predicted molar refractivity (Wildman–Crippen MR) is 76.8 cm³/mol. The molecule has 0 aliphatic heterocycles. The molecule has 0 amide bonds. The average Bonchev–Trinajstić information content (AvgIpc) is 2.47. The summed E-state index contributed by atoms with van der Waals surface area (Å²) < 4.78 is 0. The molecule has 2 aromatic rings. The third-order valence-electron chi connectivity index (χ3n) is 2.73. The first-order valence-electron chi connectivity index (χ1n) is 5.87. The van der Waals surface area contributed by atoms with Crippen molar-refractivity contribution in [2.24, 2.45) is 4.99 Å². The van der Waals surface area contributed by atoms with Crippen LogP contribution in [-0.4, -0.2) is 26.3 Å². The quantitative estimate of drug-likeness (QED) is 0.505. The van der Waals surface area contributed by atoms with Crippen molar-refractivity contribution in [3.8, 4) is 11.5 Å². The summed E-state index contributed by atoms with van der Waals surface area (Å²) in [6, 6.07) is 6.61. The second-order valence-electron chi connectivity index (χ2n) is 4.19. The molecular formula is C13H9N3O6. The molecule has 0 spiro atoms. The Bertz CT molecular complexity index is 722. The van der Waals surface area contributed by atoms with Crippen LogP contribution in [0.3, 0.4) is 0 Å². The summed E-state index contributed by atoms with van der Waals surface area (Å²) in [5.41, 5.74) is -0.573. The Morgan fingerprint density at radius 1 is 0.909 bits per heavy atom. The molecule has 9 heteroatoms. The summed E-state index contributed by atoms with van der Waals surface area (Å²) >= 11 is 0. The molecule has 9 nitrogen and oxygen atoms in total. The molecule has 0 saturated heterocycles. The molecule has 2 rings (SSSR count). The van der Waals surface area contributed by atoms with Gasteiger partial charge >= 0.3 is 0 Å². The van der Waals surface area contributed by atoms with Gasteiger partial charge in [0, 0.05) is 36.0 Å². The van der Waals surface area contributed by atoms with Gasteiger partial charge < -0.3 is 10.2 Å². The first-order valence-corrected chi connectivity index (χ1v) is 5.87. The number of aromatic hydroxyl groups is 2. The molecule has 0 saturated carbocycles. The second-order valence-corrected chi connectivity index (χ2v) is 4.19. The van der Waals surface area contributed by atoms with Gasteiger partial charge in [-0.25, -0.2) is 0 Å². The van der Waals surface area contributed by atoms with Crippen molar-refractivity contribution in [3.63, 3.8) is 0 Å². The summed E-state index contributed by atoms with van der Waals surface area (Å²) in [5, 5.41) is 40.6. The normalized spacial score (nSPS) is 10.7. The van der Waals surface area contributed by atoms with Gasteiger partial charge in [-0.05, 0) is 12.1 Å². The smallest absolute Gasteiger partial charge is 0.271 e. The van der Waals surface area contributed by atoms with E-state index in [2.05, 4.69) is 4.99 Å². The van der Waals surface area contributed by atoms with Crippen molar-refractivity contribution in [2.45, 2.75) is 0 Å². The third kappa shape index (κ3) is 3.15. The number of non-ortho nitro benzene ring substituents is 2. The van der Waals surface area contributed by atoms with Gasteiger partial charge in [0.1, 0.15) is 17.2 Å². The van der Waals surface area contributed by atoms with Gasteiger partial charge in [0.05, 0.1) is 9.85 Å². The van der Waals surface area contributed by atoms with Crippen LogP contribution >= 0.6 is 0 Å². The lowest BCUT2D eigenvalue weighted by molar-refractivity contribution is -0.385. The fourth-order valence-corrected chi connectivity index (χ4v) is 1.63. The average molecular weight is 303 g/mol. The number of nitro groups is 2. The van der Waals surface area contributed by atoms with E-state index in [1.807, 2.05) is 0 Å². The van der Waals surface area contributed by atoms with E-state index in [9.17, 15) is 30.4 Å². The van der Waals surface area contributed by atoms with Crippen LogP contribution in [0, 0.1) is 20.2 Å². The standard InChI is InChI=1S/C13H9N3O6/c17-12-3-1-9(15(19)20)5-8(12)7-14-11-6-10(16(21)22)2-4-13(11)18/h1-7,17-18H. The van der Waals surface area contributed by atoms with Crippen LogP contribution in [0.1, 0.15) is 5.56 Å². The van der Waals surface area contributed by atoms with E-state index in [0.29, 0.717) is 0 Å². The molecule has 0 atom stereocenters. The van der Waals surface area contributed by atoms with Crippen LogP contribution in [0.2, 0.25) is 0 Å². The highest BCUT2D eigenvalue weighted by molar-refractivity contribution is 5.87. The zero-order chi connectivity index (χ0) is 16.3. The van der Waals surface area contributed by atoms with E-state index in [-0.39, 0.29) is 34.1 Å². The zero-order valence-corrected chi connectivity index (χ0v) is 10.9. The van der Waals surface area contributed by atoms with Crippen LogP contribution in [0.15, 0.2) is 41.4 Å². The van der Waals surface area contributed by atoms with Crippen LogP contribution in [0.4, 0.5) is 17.1 Å². The first kappa shape index (κ1) is 14.9. The predicted octanol–water partition coefficient (Wildman–Crippen LogP) is 2.66. The number of nitrogens with zero attached hydrogens (tertiary/aromatic N) is 3. The van der Waals surface area contributed by atoms with Crippen molar-refractivity contribution in [3.05, 3.63) is 62.2 Å². The van der Waals surface area contributed by atoms with Crippen LogP contribution in [0.5, 0.6) is 11.5 Å². The maximum Gasteiger partial charge on any atom is 0.271 e. The lowest BCUT2D eigenvalue weighted by Crippen LogP contribution is -1.90. The molecule has 0 unspecified atom stereocenters. The molecule has 0 aromatic heterocycles. The Balaban J connectivity index is 2.40. The Hall–Kier alpha value is -3.49. The highest BCUT2D eigenvalue weighted by atomic mass is 16.6. The van der Waals surface area contributed by atoms with Gasteiger partial charge in [0.25, 0.3) is 11.4 Å². The van der Waals surface area contributed by atoms with Crippen molar-refractivity contribution < 1.29 is 20.1 Å². The molecule has 112 valence electrons. The van der Waals surface area contributed by atoms with Gasteiger partial charge in [-0.3, -0.25) is 25.2 Å². The van der Waals surface area contributed by atoms with Gasteiger partial charge in [0.15, 0.2) is 0 Å². The first-order chi connectivity index (χ1) is 10.4. The maximum absolute atomic E-state index is 10.7. The molecule has 0 aliphatic rings. The summed E-state index contributed by atoms with van der Waals surface area (Å²) in [6.07, 6.45) is 1.07. The van der Waals surface area contributed by atoms with Gasteiger partial charge in [-0.15, -0.1) is 0 Å². The molecule has 0 heterocycles. The molecule has 2 aromatic carbocycles. The van der Waals surface area contributed by atoms with Crippen molar-refractivity contribution in [1.82, 2.24) is 0 Å². The lowest BCUT2D eigenvalue weighted by Gasteiger charge is -2.00. The SMILES string of the molecule is O=[N+]([O-])c1ccc(O)c(C=Nc2cc([N+](=O)[O-])ccc2O)c1. The van der Waals surface area contributed by atoms with Crippen molar-refractivity contribution in [1.29, 1.82) is 0 Å². The number of hydrogen-bond acceptors (Lipinski definition) is 7. The van der Waals surface area contributed by atoms with E-state index in [4.69, 9.17) is 0 Å². The minimum Gasteiger partial charge on any atom is -0.507 e. The highest BCUT2D eigenvalue weighted by Crippen LogP contribution is 2.31. The zero-order valence-electron chi connectivity index (χ0n) is 10.9. The summed E-state index contributed by atoms with van der Waals surface area (Å²) in [5.74, 6) is -0.550. The number of nitro benzene ring substituents is 2. The van der Waals surface area contributed by atoms with Crippen molar-refractivity contribution >= 4 is 23.3 Å². The largest absolute Gasteiger partial charge is 0.507 e. The number of rotatable bonds is 4. The molecule has 0 aliphatic carbocycles. The lowest BCUT2D eigenvalue weighted by atomic mass is 10.2. The van der Waals surface area contributed by atoms with E-state index in [0.717, 1.165) is 42.6 Å². The van der Waals surface area contributed by atoms with Crippen molar-refractivity contribution in [2.75, 3.05) is 0 Å². The van der Waals surface area contributed by atoms with Crippen LogP contribution in [0.25, 0.3) is 0 Å². The number of phenolic OH excluding ortho intramolecular Hbond substituents is 2. The van der Waals surface area contributed by atoms with E-state index >= 15 is 0 Å². The second kappa shape index (κ2) is 5.87. The Morgan fingerprint density at radius 2 is 1.45 bits per heavy atom. The fraction of sp³-hybridized carbons (Fsp3) is 0. The minimum absolute atomic E-state index is 0.0418. The molecule has 0 fully saturated rings. The molecule has 2 N–H and O–H groups in total. The maximum atomic E-state index is 10.7. The molecular weight excluding hydrogens is 294 g/mol. The molecule has 0 radical (unpaired) electrons. The Kier molecular flexibility index (Phi) is 3.98. The topological polar surface area (TPSA) is 139 Å². The molecule has 22 heavy (non-hydrogen) atoms. The fourth-order valence-electron chi connectivity index (χ4n) is 1.63. The highest BCUT2D eigenvalue weighted by Gasteiger charge is 2.11. The number of phenols is 2. The number of hydrogen-bond donors (Lipinski definition) is 2. The van der Waals surface area contributed by atoms with Gasteiger partial charge in [-0.1, -0.05) is 0 Å². The summed E-state index contributed by atoms with van der Waals surface area (Å²) in [7, 11) is 0. The third-order valence-corrected chi connectivity index (χ3v) is 2.73. The number of benzene rings is 2. The molecule has 0 bridgehead atoms.